The van der Waals surface area contributed by atoms with Crippen molar-refractivity contribution in [3.05, 3.63) is 18.2 Å². The minimum absolute atomic E-state index is 0.363. The Morgan fingerprint density at radius 3 is 2.79 bits per heavy atom. The highest BCUT2D eigenvalue weighted by Crippen LogP contribution is 2.25. The zero-order chi connectivity index (χ0) is 10.4. The van der Waals surface area contributed by atoms with Gasteiger partial charge >= 0.3 is 0 Å². The van der Waals surface area contributed by atoms with E-state index < -0.39 is 0 Å². The van der Waals surface area contributed by atoms with Crippen LogP contribution in [0.15, 0.2) is 18.2 Å². The number of nitrogens with two attached hydrogens (primary N) is 1. The summed E-state index contributed by atoms with van der Waals surface area (Å²) in [6.45, 7) is -0.00605. The van der Waals surface area contributed by atoms with Crippen molar-refractivity contribution in [1.82, 2.24) is 0 Å². The molecule has 0 aliphatic rings. The minimum Gasteiger partial charge on any atom is -0.495 e. The van der Waals surface area contributed by atoms with E-state index in [1.54, 1.807) is 25.3 Å². The predicted molar refractivity (Wildman–Crippen MR) is 53.5 cm³/mol. The number of rotatable bonds is 5. The van der Waals surface area contributed by atoms with Crippen molar-refractivity contribution >= 4 is 5.69 Å². The maximum Gasteiger partial charge on any atom is 0.142 e. The fourth-order valence-electron chi connectivity index (χ4n) is 1.05. The Balaban J connectivity index is 2.57. The maximum absolute atomic E-state index is 11.8. The summed E-state index contributed by atoms with van der Waals surface area (Å²) in [5.41, 5.74) is 6.18. The Hall–Kier alpha value is -1.45. The number of ether oxygens (including phenoxy) is 2. The molecule has 3 nitrogen and oxygen atoms in total. The standard InChI is InChI=1S/C10H14FNO2/c1-13-10-4-3-8(7-9(10)12)14-6-2-5-11/h3-4,7H,2,5-6,12H2,1H3. The van der Waals surface area contributed by atoms with Gasteiger partial charge in [-0.1, -0.05) is 0 Å². The number of benzene rings is 1. The molecular weight excluding hydrogens is 185 g/mol. The van der Waals surface area contributed by atoms with Gasteiger partial charge in [-0.25, -0.2) is 0 Å². The summed E-state index contributed by atoms with van der Waals surface area (Å²) in [5, 5.41) is 0. The van der Waals surface area contributed by atoms with E-state index in [-0.39, 0.29) is 6.67 Å². The van der Waals surface area contributed by atoms with Gasteiger partial charge in [-0.05, 0) is 12.1 Å². The van der Waals surface area contributed by atoms with Crippen LogP contribution in [0, 0.1) is 0 Å². The molecule has 4 heteroatoms. The Kier molecular flexibility index (Phi) is 4.04. The van der Waals surface area contributed by atoms with Gasteiger partial charge in [0.25, 0.3) is 0 Å². The molecule has 0 heterocycles. The SMILES string of the molecule is COc1ccc(OCCCF)cc1N. The number of nitrogen functional groups attached to an aromatic ring is 1. The molecule has 1 aromatic carbocycles. The summed E-state index contributed by atoms with van der Waals surface area (Å²) in [6.07, 6.45) is 0.395. The summed E-state index contributed by atoms with van der Waals surface area (Å²) in [5.74, 6) is 1.25. The lowest BCUT2D eigenvalue weighted by molar-refractivity contribution is 0.289. The van der Waals surface area contributed by atoms with Gasteiger partial charge in [-0.15, -0.1) is 0 Å². The molecule has 2 N–H and O–H groups in total. The van der Waals surface area contributed by atoms with Crippen molar-refractivity contribution in [2.45, 2.75) is 6.42 Å². The molecule has 1 aromatic rings. The summed E-state index contributed by atoms with van der Waals surface area (Å²) in [4.78, 5) is 0. The molecule has 0 bridgehead atoms. The van der Waals surface area contributed by atoms with E-state index in [9.17, 15) is 4.39 Å². The lowest BCUT2D eigenvalue weighted by atomic mass is 10.3. The quantitative estimate of drug-likeness (QED) is 0.582. The fraction of sp³-hybridized carbons (Fsp3) is 0.400. The van der Waals surface area contributed by atoms with E-state index in [0.717, 1.165) is 0 Å². The fourth-order valence-corrected chi connectivity index (χ4v) is 1.05. The molecule has 0 amide bonds. The predicted octanol–water partition coefficient (Wildman–Crippen LogP) is 2.02. The van der Waals surface area contributed by atoms with Gasteiger partial charge in [0.2, 0.25) is 0 Å². The minimum atomic E-state index is -0.369. The third kappa shape index (κ3) is 2.80. The maximum atomic E-state index is 11.8. The van der Waals surface area contributed by atoms with Crippen LogP contribution in [0.2, 0.25) is 0 Å². The highest BCUT2D eigenvalue weighted by molar-refractivity contribution is 5.56. The first-order valence-electron chi connectivity index (χ1n) is 4.40. The lowest BCUT2D eigenvalue weighted by Gasteiger charge is -2.08. The molecule has 14 heavy (non-hydrogen) atoms. The summed E-state index contributed by atoms with van der Waals surface area (Å²) in [7, 11) is 1.55. The Bertz CT molecular complexity index is 291. The molecule has 0 aromatic heterocycles. The number of halogens is 1. The van der Waals surface area contributed by atoms with Gasteiger partial charge in [0, 0.05) is 12.5 Å². The number of anilines is 1. The summed E-state index contributed by atoms with van der Waals surface area (Å²) in [6, 6.07) is 5.13. The van der Waals surface area contributed by atoms with Gasteiger partial charge < -0.3 is 15.2 Å². The van der Waals surface area contributed by atoms with E-state index in [4.69, 9.17) is 15.2 Å². The first-order valence-corrected chi connectivity index (χ1v) is 4.40. The van der Waals surface area contributed by atoms with Crippen LogP contribution < -0.4 is 15.2 Å². The first kappa shape index (κ1) is 10.6. The van der Waals surface area contributed by atoms with Crippen LogP contribution in [-0.4, -0.2) is 20.4 Å². The van der Waals surface area contributed by atoms with Crippen molar-refractivity contribution in [1.29, 1.82) is 0 Å². The van der Waals surface area contributed by atoms with Crippen LogP contribution in [0.4, 0.5) is 10.1 Å². The van der Waals surface area contributed by atoms with Gasteiger partial charge in [0.1, 0.15) is 11.5 Å². The van der Waals surface area contributed by atoms with Crippen LogP contribution >= 0.6 is 0 Å². The van der Waals surface area contributed by atoms with E-state index in [2.05, 4.69) is 0 Å². The van der Waals surface area contributed by atoms with Crippen LogP contribution in [0.3, 0.4) is 0 Å². The van der Waals surface area contributed by atoms with E-state index >= 15 is 0 Å². The second kappa shape index (κ2) is 5.32. The largest absolute Gasteiger partial charge is 0.495 e. The zero-order valence-corrected chi connectivity index (χ0v) is 8.13. The van der Waals surface area contributed by atoms with Crippen molar-refractivity contribution in [3.63, 3.8) is 0 Å². The van der Waals surface area contributed by atoms with Crippen LogP contribution in [0.5, 0.6) is 11.5 Å². The first-order chi connectivity index (χ1) is 6.77. The normalized spacial score (nSPS) is 9.86. The lowest BCUT2D eigenvalue weighted by Crippen LogP contribution is -1.99. The molecule has 0 aliphatic carbocycles. The van der Waals surface area contributed by atoms with Gasteiger partial charge in [-0.2, -0.15) is 0 Å². The molecule has 0 saturated carbocycles. The molecule has 78 valence electrons. The molecule has 0 spiro atoms. The molecule has 0 unspecified atom stereocenters. The smallest absolute Gasteiger partial charge is 0.142 e. The van der Waals surface area contributed by atoms with Crippen molar-refractivity contribution in [2.75, 3.05) is 26.1 Å². The average molecular weight is 199 g/mol. The van der Waals surface area contributed by atoms with Gasteiger partial charge in [-0.3, -0.25) is 4.39 Å². The van der Waals surface area contributed by atoms with Crippen LogP contribution in [-0.2, 0) is 0 Å². The molecule has 0 fully saturated rings. The molecular formula is C10H14FNO2. The third-order valence-corrected chi connectivity index (χ3v) is 1.75. The van der Waals surface area contributed by atoms with Gasteiger partial charge in [0.05, 0.1) is 26.1 Å². The summed E-state index contributed by atoms with van der Waals surface area (Å²) >= 11 is 0. The van der Waals surface area contributed by atoms with E-state index in [0.29, 0.717) is 30.2 Å². The Morgan fingerprint density at radius 2 is 2.21 bits per heavy atom. The van der Waals surface area contributed by atoms with E-state index in [1.165, 1.54) is 0 Å². The van der Waals surface area contributed by atoms with Crippen LogP contribution in [0.25, 0.3) is 0 Å². The monoisotopic (exact) mass is 199 g/mol. The van der Waals surface area contributed by atoms with E-state index in [1.807, 2.05) is 0 Å². The average Bonchev–Trinajstić information content (AvgIpc) is 2.18. The third-order valence-electron chi connectivity index (χ3n) is 1.75. The highest BCUT2D eigenvalue weighted by Gasteiger charge is 2.00. The van der Waals surface area contributed by atoms with Gasteiger partial charge in [0.15, 0.2) is 0 Å². The number of hydrogen-bond acceptors (Lipinski definition) is 3. The second-order valence-corrected chi connectivity index (χ2v) is 2.79. The number of alkyl halides is 1. The second-order valence-electron chi connectivity index (χ2n) is 2.79. The molecule has 0 aliphatic heterocycles. The van der Waals surface area contributed by atoms with Crippen molar-refractivity contribution < 1.29 is 13.9 Å². The molecule has 0 saturated heterocycles. The number of methoxy groups -OCH3 is 1. The molecule has 0 radical (unpaired) electrons. The summed E-state index contributed by atoms with van der Waals surface area (Å²) < 4.78 is 22.0. The number of hydrogen-bond donors (Lipinski definition) is 1. The topological polar surface area (TPSA) is 44.5 Å². The molecule has 1 rings (SSSR count). The highest BCUT2D eigenvalue weighted by atomic mass is 19.1. The zero-order valence-electron chi connectivity index (χ0n) is 8.13. The van der Waals surface area contributed by atoms with Crippen molar-refractivity contribution in [2.24, 2.45) is 0 Å². The van der Waals surface area contributed by atoms with Crippen molar-refractivity contribution in [3.8, 4) is 11.5 Å². The Labute approximate surface area is 82.6 Å². The Morgan fingerprint density at radius 1 is 1.43 bits per heavy atom. The molecule has 0 atom stereocenters. The van der Waals surface area contributed by atoms with Crippen LogP contribution in [0.1, 0.15) is 6.42 Å².